The number of hydrogen-bond donors (Lipinski definition) is 2. The van der Waals surface area contributed by atoms with Crippen LogP contribution in [-0.4, -0.2) is 42.1 Å². The van der Waals surface area contributed by atoms with Crippen LogP contribution < -0.4 is 15.5 Å². The summed E-state index contributed by atoms with van der Waals surface area (Å²) in [5.74, 6) is 2.83. The van der Waals surface area contributed by atoms with Gasteiger partial charge in [0.15, 0.2) is 0 Å². The first-order valence-electron chi connectivity index (χ1n) is 7.00. The summed E-state index contributed by atoms with van der Waals surface area (Å²) in [6, 6.07) is 0.453. The average Bonchev–Trinajstić information content (AvgIpc) is 3.21. The van der Waals surface area contributed by atoms with Gasteiger partial charge in [-0.05, 0) is 18.8 Å². The summed E-state index contributed by atoms with van der Waals surface area (Å²) in [6.45, 7) is 2.20. The third kappa shape index (κ3) is 3.94. The van der Waals surface area contributed by atoms with Crippen LogP contribution in [0.25, 0.3) is 0 Å². The van der Waals surface area contributed by atoms with E-state index in [0.29, 0.717) is 23.9 Å². The molecule has 19 heavy (non-hydrogen) atoms. The third-order valence-electron chi connectivity index (χ3n) is 3.39. The van der Waals surface area contributed by atoms with Gasteiger partial charge in [-0.25, -0.2) is 0 Å². The van der Waals surface area contributed by atoms with Gasteiger partial charge < -0.3 is 15.5 Å². The van der Waals surface area contributed by atoms with Gasteiger partial charge in [-0.3, -0.25) is 0 Å². The Morgan fingerprint density at radius 1 is 1.21 bits per heavy atom. The lowest BCUT2D eigenvalue weighted by molar-refractivity contribution is 0.582. The molecular weight excluding hydrogens is 240 g/mol. The summed E-state index contributed by atoms with van der Waals surface area (Å²) in [5, 5.41) is 6.42. The van der Waals surface area contributed by atoms with Crippen molar-refractivity contribution in [1.29, 1.82) is 0 Å². The van der Waals surface area contributed by atoms with Crippen LogP contribution in [0, 0.1) is 5.92 Å². The molecule has 6 heteroatoms. The normalized spacial score (nSPS) is 16.0. The Kier molecular flexibility index (Phi) is 4.39. The Labute approximate surface area is 115 Å². The van der Waals surface area contributed by atoms with E-state index in [9.17, 15) is 0 Å². The molecule has 1 atom stereocenters. The summed E-state index contributed by atoms with van der Waals surface area (Å²) in [6.07, 6.45) is 5.06. The molecule has 0 aromatic carbocycles. The van der Waals surface area contributed by atoms with Crippen molar-refractivity contribution in [2.45, 2.75) is 38.6 Å². The first-order chi connectivity index (χ1) is 9.12. The topological polar surface area (TPSA) is 66.0 Å². The van der Waals surface area contributed by atoms with Gasteiger partial charge in [0, 0.05) is 27.2 Å². The number of aromatic nitrogens is 3. The van der Waals surface area contributed by atoms with E-state index < -0.39 is 0 Å². The van der Waals surface area contributed by atoms with E-state index in [1.54, 1.807) is 0 Å². The summed E-state index contributed by atoms with van der Waals surface area (Å²) in [7, 11) is 5.68. The molecule has 106 valence electrons. The summed E-state index contributed by atoms with van der Waals surface area (Å²) < 4.78 is 0. The minimum Gasteiger partial charge on any atom is -0.357 e. The van der Waals surface area contributed by atoms with Crippen LogP contribution in [0.1, 0.15) is 32.6 Å². The first-order valence-corrected chi connectivity index (χ1v) is 7.00. The van der Waals surface area contributed by atoms with Gasteiger partial charge in [0.2, 0.25) is 17.8 Å². The monoisotopic (exact) mass is 264 g/mol. The Morgan fingerprint density at radius 2 is 1.89 bits per heavy atom. The minimum atomic E-state index is 0.453. The van der Waals surface area contributed by atoms with E-state index >= 15 is 0 Å². The highest BCUT2D eigenvalue weighted by Gasteiger charge is 2.25. The summed E-state index contributed by atoms with van der Waals surface area (Å²) in [4.78, 5) is 15.0. The lowest BCUT2D eigenvalue weighted by Crippen LogP contribution is -2.23. The lowest BCUT2D eigenvalue weighted by atomic mass is 10.1. The van der Waals surface area contributed by atoms with Gasteiger partial charge in [0.25, 0.3) is 0 Å². The van der Waals surface area contributed by atoms with E-state index in [1.807, 2.05) is 26.0 Å². The molecule has 1 saturated carbocycles. The molecule has 1 aromatic heterocycles. The number of hydrogen-bond acceptors (Lipinski definition) is 6. The van der Waals surface area contributed by atoms with Crippen molar-refractivity contribution >= 4 is 17.8 Å². The van der Waals surface area contributed by atoms with Crippen LogP contribution in [0.5, 0.6) is 0 Å². The fourth-order valence-corrected chi connectivity index (χ4v) is 2.01. The van der Waals surface area contributed by atoms with Crippen molar-refractivity contribution in [2.24, 2.45) is 5.92 Å². The fourth-order valence-electron chi connectivity index (χ4n) is 2.01. The molecule has 0 amide bonds. The smallest absolute Gasteiger partial charge is 0.231 e. The van der Waals surface area contributed by atoms with Gasteiger partial charge in [-0.15, -0.1) is 0 Å². The maximum atomic E-state index is 4.45. The Bertz CT molecular complexity index is 416. The quantitative estimate of drug-likeness (QED) is 0.785. The van der Waals surface area contributed by atoms with Gasteiger partial charge in [-0.2, -0.15) is 15.0 Å². The van der Waals surface area contributed by atoms with Crippen molar-refractivity contribution < 1.29 is 0 Å². The van der Waals surface area contributed by atoms with Crippen LogP contribution >= 0.6 is 0 Å². The van der Waals surface area contributed by atoms with Crippen molar-refractivity contribution in [3.63, 3.8) is 0 Å². The van der Waals surface area contributed by atoms with Crippen LogP contribution in [0.2, 0.25) is 0 Å². The molecule has 2 N–H and O–H groups in total. The molecule has 1 aromatic rings. The number of rotatable bonds is 7. The number of anilines is 3. The van der Waals surface area contributed by atoms with Crippen LogP contribution in [0.15, 0.2) is 0 Å². The molecular formula is C13H24N6. The third-order valence-corrected chi connectivity index (χ3v) is 3.39. The molecule has 0 aliphatic heterocycles. The molecule has 6 nitrogen and oxygen atoms in total. The van der Waals surface area contributed by atoms with E-state index in [2.05, 4.69) is 32.5 Å². The predicted molar refractivity (Wildman–Crippen MR) is 78.7 cm³/mol. The molecule has 0 saturated heterocycles. The van der Waals surface area contributed by atoms with Crippen LogP contribution in [0.4, 0.5) is 17.8 Å². The zero-order valence-corrected chi connectivity index (χ0v) is 12.3. The van der Waals surface area contributed by atoms with Gasteiger partial charge in [0.1, 0.15) is 0 Å². The predicted octanol–water partition coefficient (Wildman–Crippen LogP) is 1.97. The van der Waals surface area contributed by atoms with Gasteiger partial charge in [-0.1, -0.05) is 19.8 Å². The molecule has 1 fully saturated rings. The standard InChI is InChI=1S/C13H24N6/c1-5-10(8-9-6-7-9)15-12-16-11(14-2)17-13(18-12)19(3)4/h9-10H,5-8H2,1-4H3,(H2,14,15,16,17,18). The van der Waals surface area contributed by atoms with Crippen LogP contribution in [-0.2, 0) is 0 Å². The highest BCUT2D eigenvalue weighted by Crippen LogP contribution is 2.34. The Hall–Kier alpha value is -1.59. The zero-order chi connectivity index (χ0) is 13.8. The van der Waals surface area contributed by atoms with Crippen LogP contribution in [0.3, 0.4) is 0 Å². The van der Waals surface area contributed by atoms with E-state index in [4.69, 9.17) is 0 Å². The maximum Gasteiger partial charge on any atom is 0.231 e. The SMILES string of the molecule is CCC(CC1CC1)Nc1nc(NC)nc(N(C)C)n1. The molecule has 1 aliphatic carbocycles. The van der Waals surface area contributed by atoms with Crippen molar-refractivity contribution in [1.82, 2.24) is 15.0 Å². The van der Waals surface area contributed by atoms with Crippen molar-refractivity contribution in [2.75, 3.05) is 36.7 Å². The fraction of sp³-hybridized carbons (Fsp3) is 0.769. The zero-order valence-electron chi connectivity index (χ0n) is 12.3. The summed E-state index contributed by atoms with van der Waals surface area (Å²) in [5.41, 5.74) is 0. The first kappa shape index (κ1) is 13.8. The molecule has 0 bridgehead atoms. The highest BCUT2D eigenvalue weighted by atomic mass is 15.3. The second-order valence-corrected chi connectivity index (χ2v) is 5.36. The number of nitrogens with one attached hydrogen (secondary N) is 2. The molecule has 1 unspecified atom stereocenters. The largest absolute Gasteiger partial charge is 0.357 e. The van der Waals surface area contributed by atoms with Crippen molar-refractivity contribution in [3.8, 4) is 0 Å². The molecule has 2 rings (SSSR count). The maximum absolute atomic E-state index is 4.45. The second-order valence-electron chi connectivity index (χ2n) is 5.36. The average molecular weight is 264 g/mol. The molecule has 1 heterocycles. The van der Waals surface area contributed by atoms with E-state index in [0.717, 1.165) is 12.3 Å². The van der Waals surface area contributed by atoms with Gasteiger partial charge in [0.05, 0.1) is 0 Å². The molecule has 1 aliphatic rings. The highest BCUT2D eigenvalue weighted by molar-refractivity contribution is 5.43. The van der Waals surface area contributed by atoms with Gasteiger partial charge >= 0.3 is 0 Å². The number of nitrogens with zero attached hydrogens (tertiary/aromatic N) is 4. The summed E-state index contributed by atoms with van der Waals surface area (Å²) >= 11 is 0. The molecule has 0 spiro atoms. The van der Waals surface area contributed by atoms with Crippen molar-refractivity contribution in [3.05, 3.63) is 0 Å². The Balaban J connectivity index is 2.10. The Morgan fingerprint density at radius 3 is 2.42 bits per heavy atom. The second kappa shape index (κ2) is 6.04. The van der Waals surface area contributed by atoms with E-state index in [-0.39, 0.29) is 0 Å². The van der Waals surface area contributed by atoms with E-state index in [1.165, 1.54) is 19.3 Å². The lowest BCUT2D eigenvalue weighted by Gasteiger charge is -2.18. The molecule has 0 radical (unpaired) electrons. The minimum absolute atomic E-state index is 0.453.